The average molecular weight is 465 g/mol. The second kappa shape index (κ2) is 8.36. The van der Waals surface area contributed by atoms with Crippen LogP contribution in [0.4, 0.5) is 0 Å². The summed E-state index contributed by atoms with van der Waals surface area (Å²) in [6.45, 7) is 21.4. The molecule has 2 rings (SSSR count). The minimum absolute atomic E-state index is 0.0868. The zero-order valence-corrected chi connectivity index (χ0v) is 22.6. The van der Waals surface area contributed by atoms with E-state index < -0.39 is 17.2 Å². The van der Waals surface area contributed by atoms with Crippen LogP contribution in [0.3, 0.4) is 0 Å². The van der Waals surface area contributed by atoms with Crippen molar-refractivity contribution in [3.63, 3.8) is 0 Å². The van der Waals surface area contributed by atoms with E-state index in [0.717, 1.165) is 38.1 Å². The summed E-state index contributed by atoms with van der Waals surface area (Å²) in [5, 5.41) is 0.0868. The maximum Gasteiger partial charge on any atom is 0.250 e. The van der Waals surface area contributed by atoms with Crippen LogP contribution in [0.25, 0.3) is 0 Å². The molecule has 0 aliphatic rings. The quantitative estimate of drug-likeness (QED) is 0.340. The molecule has 0 saturated heterocycles. The first-order valence-corrected chi connectivity index (χ1v) is 16.0. The minimum atomic E-state index is -3.52. The van der Waals surface area contributed by atoms with Gasteiger partial charge in [-0.15, -0.1) is 0 Å². The van der Waals surface area contributed by atoms with Gasteiger partial charge in [-0.2, -0.15) is 0 Å². The molecular formula is C24H36O3S2Si. The van der Waals surface area contributed by atoms with Crippen molar-refractivity contribution < 1.29 is 12.8 Å². The third kappa shape index (κ3) is 5.71. The van der Waals surface area contributed by atoms with E-state index in [9.17, 15) is 8.42 Å². The van der Waals surface area contributed by atoms with Crippen LogP contribution in [0.5, 0.6) is 5.75 Å². The van der Waals surface area contributed by atoms with Crippen molar-refractivity contribution >= 4 is 28.0 Å². The topological polar surface area (TPSA) is 43.4 Å². The van der Waals surface area contributed by atoms with Crippen LogP contribution in [0.15, 0.2) is 46.2 Å². The summed E-state index contributed by atoms with van der Waals surface area (Å²) in [4.78, 5) is 1.10. The highest BCUT2D eigenvalue weighted by Crippen LogP contribution is 2.43. The van der Waals surface area contributed by atoms with Crippen LogP contribution in [-0.4, -0.2) is 16.7 Å². The summed E-state index contributed by atoms with van der Waals surface area (Å²) in [5.74, 6) is 0.864. The van der Waals surface area contributed by atoms with Crippen molar-refractivity contribution in [2.24, 2.45) is 0 Å². The Kier molecular flexibility index (Phi) is 6.97. The van der Waals surface area contributed by atoms with Gasteiger partial charge in [0, 0.05) is 15.7 Å². The summed E-state index contributed by atoms with van der Waals surface area (Å²) < 4.78 is 32.8. The Morgan fingerprint density at radius 1 is 0.900 bits per heavy atom. The number of rotatable bonds is 5. The fourth-order valence-corrected chi connectivity index (χ4v) is 7.03. The monoisotopic (exact) mass is 464 g/mol. The molecule has 30 heavy (non-hydrogen) atoms. The highest BCUT2D eigenvalue weighted by molar-refractivity contribution is 8.72. The lowest BCUT2D eigenvalue weighted by atomic mass is 9.86. The molecule has 0 heterocycles. The van der Waals surface area contributed by atoms with E-state index >= 15 is 0 Å². The zero-order chi connectivity index (χ0) is 23.1. The number of benzene rings is 2. The molecule has 0 aliphatic heterocycles. The van der Waals surface area contributed by atoms with Gasteiger partial charge in [-0.05, 0) is 72.8 Å². The van der Waals surface area contributed by atoms with E-state index in [2.05, 4.69) is 60.7 Å². The molecule has 166 valence electrons. The van der Waals surface area contributed by atoms with Crippen LogP contribution < -0.4 is 4.43 Å². The van der Waals surface area contributed by atoms with E-state index in [-0.39, 0.29) is 10.5 Å². The van der Waals surface area contributed by atoms with Crippen molar-refractivity contribution in [2.75, 3.05) is 0 Å². The van der Waals surface area contributed by atoms with Crippen molar-refractivity contribution in [2.45, 2.75) is 88.7 Å². The second-order valence-corrected chi connectivity index (χ2v) is 19.1. The first-order valence-electron chi connectivity index (χ1n) is 10.3. The first kappa shape index (κ1) is 25.0. The normalized spacial score (nSPS) is 13.4. The third-order valence-electron chi connectivity index (χ3n) is 5.77. The Morgan fingerprint density at radius 2 is 1.43 bits per heavy atom. The Balaban J connectivity index is 2.53. The van der Waals surface area contributed by atoms with Crippen LogP contribution in [-0.2, 0) is 14.3 Å². The van der Waals surface area contributed by atoms with Crippen LogP contribution in [0.2, 0.25) is 18.1 Å². The molecule has 0 saturated carbocycles. The smallest absolute Gasteiger partial charge is 0.250 e. The Bertz CT molecular complexity index is 1010. The summed E-state index contributed by atoms with van der Waals surface area (Å²) in [6, 6.07) is 11.0. The molecule has 0 aliphatic carbocycles. The molecule has 0 fully saturated rings. The van der Waals surface area contributed by atoms with Crippen LogP contribution in [0, 0.1) is 13.8 Å². The van der Waals surface area contributed by atoms with Gasteiger partial charge in [0.25, 0.3) is 0 Å². The van der Waals surface area contributed by atoms with Gasteiger partial charge in [-0.3, -0.25) is 0 Å². The van der Waals surface area contributed by atoms with Gasteiger partial charge in [0.05, 0.1) is 4.90 Å². The molecule has 6 heteroatoms. The van der Waals surface area contributed by atoms with Gasteiger partial charge >= 0.3 is 0 Å². The number of hydrogen-bond acceptors (Lipinski definition) is 4. The van der Waals surface area contributed by atoms with Gasteiger partial charge < -0.3 is 4.43 Å². The molecule has 0 radical (unpaired) electrons. The van der Waals surface area contributed by atoms with Crippen molar-refractivity contribution in [1.29, 1.82) is 0 Å². The third-order valence-corrected chi connectivity index (χ3v) is 13.5. The minimum Gasteiger partial charge on any atom is -0.543 e. The highest BCUT2D eigenvalue weighted by Gasteiger charge is 2.39. The summed E-state index contributed by atoms with van der Waals surface area (Å²) in [6.07, 6.45) is 0. The van der Waals surface area contributed by atoms with Crippen molar-refractivity contribution in [3.8, 4) is 5.75 Å². The van der Waals surface area contributed by atoms with E-state index in [1.807, 2.05) is 32.0 Å². The fraction of sp³-hybridized carbons (Fsp3) is 0.500. The molecule has 0 unspecified atom stereocenters. The largest absolute Gasteiger partial charge is 0.543 e. The predicted molar refractivity (Wildman–Crippen MR) is 132 cm³/mol. The van der Waals surface area contributed by atoms with E-state index in [1.165, 1.54) is 0 Å². The molecule has 0 atom stereocenters. The molecule has 0 aromatic heterocycles. The predicted octanol–water partition coefficient (Wildman–Crippen LogP) is 7.47. The van der Waals surface area contributed by atoms with Crippen LogP contribution in [0.1, 0.15) is 58.2 Å². The first-order chi connectivity index (χ1) is 13.4. The molecule has 0 amide bonds. The lowest BCUT2D eigenvalue weighted by Gasteiger charge is -2.37. The molecule has 0 N–H and O–H groups in total. The Labute approximate surface area is 188 Å². The second-order valence-electron chi connectivity index (χ2n) is 10.6. The molecule has 2 aromatic carbocycles. The molecule has 2 aromatic rings. The summed E-state index contributed by atoms with van der Waals surface area (Å²) in [5.41, 5.74) is 2.78. The van der Waals surface area contributed by atoms with E-state index in [0.29, 0.717) is 4.90 Å². The van der Waals surface area contributed by atoms with Gasteiger partial charge in [-0.1, -0.05) is 59.2 Å². The van der Waals surface area contributed by atoms with Gasteiger partial charge in [-0.25, -0.2) is 8.42 Å². The maximum atomic E-state index is 13.1. The number of hydrogen-bond donors (Lipinski definition) is 0. The van der Waals surface area contributed by atoms with E-state index in [4.69, 9.17) is 4.43 Å². The van der Waals surface area contributed by atoms with Gasteiger partial charge in [0.2, 0.25) is 17.2 Å². The standard InChI is InChI=1S/C24H36O3S2Si/c1-17-11-13-19(14-12-17)29(25,26)28-22-15-18(2)21(16-20(22)23(3,4)5)27-30(9,10)24(6,7)8/h11-16H,1-10H3. The van der Waals surface area contributed by atoms with Gasteiger partial charge in [0.15, 0.2) is 0 Å². The lowest BCUT2D eigenvalue weighted by Crippen LogP contribution is -2.44. The number of aryl methyl sites for hydroxylation is 2. The molecule has 3 nitrogen and oxygen atoms in total. The lowest BCUT2D eigenvalue weighted by molar-refractivity contribution is 0.484. The Morgan fingerprint density at radius 3 is 1.90 bits per heavy atom. The van der Waals surface area contributed by atoms with Crippen molar-refractivity contribution in [1.82, 2.24) is 0 Å². The average Bonchev–Trinajstić information content (AvgIpc) is 2.55. The molecular weight excluding hydrogens is 428 g/mol. The zero-order valence-electron chi connectivity index (χ0n) is 20.0. The summed E-state index contributed by atoms with van der Waals surface area (Å²) in [7, 11) is -4.59. The van der Waals surface area contributed by atoms with Gasteiger partial charge in [0.1, 0.15) is 5.75 Å². The summed E-state index contributed by atoms with van der Waals surface area (Å²) >= 11 is 0. The fourth-order valence-electron chi connectivity index (χ4n) is 2.73. The van der Waals surface area contributed by atoms with E-state index in [1.54, 1.807) is 12.1 Å². The Hall–Kier alpha value is -1.24. The molecule has 0 bridgehead atoms. The van der Waals surface area contributed by atoms with Crippen LogP contribution >= 0.6 is 10.8 Å². The molecule has 0 spiro atoms. The SMILES string of the molecule is Cc1ccc(S(=O)(=O)Sc2cc(C)c(O[Si](C)(C)C(C)(C)C)cc2C(C)(C)C)cc1. The van der Waals surface area contributed by atoms with Crippen molar-refractivity contribution in [3.05, 3.63) is 53.1 Å². The highest BCUT2D eigenvalue weighted by atomic mass is 33.1. The maximum absolute atomic E-state index is 13.1.